The minimum atomic E-state index is -3.34. The van der Waals surface area contributed by atoms with Crippen molar-refractivity contribution in [2.24, 2.45) is 0 Å². The van der Waals surface area contributed by atoms with Gasteiger partial charge in [0.2, 0.25) is 10.0 Å². The number of rotatable bonds is 5. The van der Waals surface area contributed by atoms with Crippen molar-refractivity contribution in [1.82, 2.24) is 9.62 Å². The van der Waals surface area contributed by atoms with Gasteiger partial charge in [-0.15, -0.1) is 0 Å². The zero-order chi connectivity index (χ0) is 13.2. The zero-order valence-corrected chi connectivity index (χ0v) is 12.3. The molecule has 1 aliphatic heterocycles. The van der Waals surface area contributed by atoms with Crippen LogP contribution in [0.25, 0.3) is 0 Å². The average molecular weight is 286 g/mol. The van der Waals surface area contributed by atoms with E-state index >= 15 is 0 Å². The van der Waals surface area contributed by atoms with Crippen LogP contribution in [0.1, 0.15) is 11.1 Å². The first-order chi connectivity index (χ1) is 8.55. The molecule has 0 fully saturated rings. The lowest BCUT2D eigenvalue weighted by atomic mass is 10.1. The topological polar surface area (TPSA) is 49.4 Å². The lowest BCUT2D eigenvalue weighted by molar-refractivity contribution is 0.488. The van der Waals surface area contributed by atoms with E-state index in [2.05, 4.69) is 5.32 Å². The molecule has 0 radical (unpaired) electrons. The van der Waals surface area contributed by atoms with Gasteiger partial charge in [0.25, 0.3) is 0 Å². The van der Waals surface area contributed by atoms with Gasteiger partial charge >= 0.3 is 0 Å². The Kier molecular flexibility index (Phi) is 4.32. The smallest absolute Gasteiger partial charge is 0.242 e. The van der Waals surface area contributed by atoms with Crippen molar-refractivity contribution in [2.75, 3.05) is 25.6 Å². The summed E-state index contributed by atoms with van der Waals surface area (Å²) in [4.78, 5) is 0.397. The molecule has 0 saturated heterocycles. The summed E-state index contributed by atoms with van der Waals surface area (Å²) in [5.74, 6) is 0.808. The number of thioether (sulfide) groups is 1. The van der Waals surface area contributed by atoms with Gasteiger partial charge in [-0.25, -0.2) is 12.7 Å². The molecule has 0 bridgehead atoms. The highest BCUT2D eigenvalue weighted by Crippen LogP contribution is 2.22. The van der Waals surface area contributed by atoms with Crippen LogP contribution in [-0.4, -0.2) is 38.3 Å². The summed E-state index contributed by atoms with van der Waals surface area (Å²) in [6.45, 7) is 2.13. The molecule has 0 amide bonds. The average Bonchev–Trinajstić information content (AvgIpc) is 2.82. The summed E-state index contributed by atoms with van der Waals surface area (Å²) < 4.78 is 26.1. The number of benzene rings is 1. The Balaban J connectivity index is 2.24. The highest BCUT2D eigenvalue weighted by Gasteiger charge is 2.22. The Morgan fingerprint density at radius 1 is 1.33 bits per heavy atom. The van der Waals surface area contributed by atoms with Gasteiger partial charge < -0.3 is 5.32 Å². The molecule has 1 aromatic carbocycles. The van der Waals surface area contributed by atoms with Crippen molar-refractivity contribution in [3.63, 3.8) is 0 Å². The van der Waals surface area contributed by atoms with E-state index < -0.39 is 10.0 Å². The second kappa shape index (κ2) is 5.61. The Morgan fingerprint density at radius 3 is 2.78 bits per heavy atom. The van der Waals surface area contributed by atoms with Crippen molar-refractivity contribution < 1.29 is 8.42 Å². The molecule has 100 valence electrons. The molecule has 0 spiro atoms. The standard InChI is InChI=1S/C12H18N2O2S2/c1-14(5-6-17-2)18(15,16)12-4-3-10-8-13-9-11(10)7-12/h3-4,7,13H,5-6,8-9H2,1-2H3. The summed E-state index contributed by atoms with van der Waals surface area (Å²) in [5.41, 5.74) is 2.29. The Morgan fingerprint density at radius 2 is 2.06 bits per heavy atom. The lowest BCUT2D eigenvalue weighted by Gasteiger charge is -2.17. The monoisotopic (exact) mass is 286 g/mol. The van der Waals surface area contributed by atoms with Crippen LogP contribution in [0.5, 0.6) is 0 Å². The summed E-state index contributed by atoms with van der Waals surface area (Å²) in [5, 5.41) is 3.22. The van der Waals surface area contributed by atoms with Crippen LogP contribution in [0.2, 0.25) is 0 Å². The number of sulfonamides is 1. The predicted molar refractivity (Wildman–Crippen MR) is 75.2 cm³/mol. The molecular weight excluding hydrogens is 268 g/mol. The molecule has 0 atom stereocenters. The van der Waals surface area contributed by atoms with Gasteiger partial charge in [0.15, 0.2) is 0 Å². The van der Waals surface area contributed by atoms with E-state index in [1.165, 1.54) is 9.87 Å². The van der Waals surface area contributed by atoms with Crippen LogP contribution in [0.15, 0.2) is 23.1 Å². The fourth-order valence-electron chi connectivity index (χ4n) is 1.95. The Bertz CT molecular complexity index is 529. The number of hydrogen-bond acceptors (Lipinski definition) is 4. The first-order valence-corrected chi connectivity index (χ1v) is 8.67. The van der Waals surface area contributed by atoms with Crippen LogP contribution < -0.4 is 5.32 Å². The van der Waals surface area contributed by atoms with Crippen molar-refractivity contribution in [1.29, 1.82) is 0 Å². The molecule has 6 heteroatoms. The fourth-order valence-corrected chi connectivity index (χ4v) is 3.75. The molecule has 0 aliphatic carbocycles. The fraction of sp³-hybridized carbons (Fsp3) is 0.500. The largest absolute Gasteiger partial charge is 0.309 e. The van der Waals surface area contributed by atoms with Gasteiger partial charge in [-0.1, -0.05) is 6.07 Å². The van der Waals surface area contributed by atoms with E-state index in [4.69, 9.17) is 0 Å². The summed E-state index contributed by atoms with van der Waals surface area (Å²) in [6, 6.07) is 5.40. The quantitative estimate of drug-likeness (QED) is 0.886. The molecule has 1 heterocycles. The molecule has 4 nitrogen and oxygen atoms in total. The minimum Gasteiger partial charge on any atom is -0.309 e. The molecule has 1 N–H and O–H groups in total. The Hall–Kier alpha value is -0.560. The second-order valence-electron chi connectivity index (χ2n) is 4.35. The maximum absolute atomic E-state index is 12.3. The van der Waals surface area contributed by atoms with E-state index in [0.717, 1.165) is 24.4 Å². The van der Waals surface area contributed by atoms with Gasteiger partial charge in [-0.2, -0.15) is 11.8 Å². The van der Waals surface area contributed by atoms with Gasteiger partial charge in [-0.05, 0) is 29.5 Å². The number of nitrogens with zero attached hydrogens (tertiary/aromatic N) is 1. The predicted octanol–water partition coefficient (Wildman–Crippen LogP) is 1.27. The normalized spacial score (nSPS) is 15.1. The molecule has 1 aliphatic rings. The molecule has 18 heavy (non-hydrogen) atoms. The van der Waals surface area contributed by atoms with Crippen LogP contribution >= 0.6 is 11.8 Å². The van der Waals surface area contributed by atoms with E-state index in [1.807, 2.05) is 12.3 Å². The van der Waals surface area contributed by atoms with Crippen molar-refractivity contribution in [3.05, 3.63) is 29.3 Å². The second-order valence-corrected chi connectivity index (χ2v) is 7.38. The Labute approximate surface area is 113 Å². The van der Waals surface area contributed by atoms with E-state index in [1.54, 1.807) is 30.9 Å². The summed E-state index contributed by atoms with van der Waals surface area (Å²) in [7, 11) is -1.70. The zero-order valence-electron chi connectivity index (χ0n) is 10.6. The SMILES string of the molecule is CSCCN(C)S(=O)(=O)c1ccc2c(c1)CNC2. The van der Waals surface area contributed by atoms with Crippen LogP contribution in [0.4, 0.5) is 0 Å². The highest BCUT2D eigenvalue weighted by molar-refractivity contribution is 7.98. The highest BCUT2D eigenvalue weighted by atomic mass is 32.2. The lowest BCUT2D eigenvalue weighted by Crippen LogP contribution is -2.29. The number of nitrogens with one attached hydrogen (secondary N) is 1. The van der Waals surface area contributed by atoms with Crippen molar-refractivity contribution >= 4 is 21.8 Å². The van der Waals surface area contributed by atoms with Crippen molar-refractivity contribution in [3.8, 4) is 0 Å². The van der Waals surface area contributed by atoms with Crippen LogP contribution in [0.3, 0.4) is 0 Å². The van der Waals surface area contributed by atoms with E-state index in [9.17, 15) is 8.42 Å². The molecule has 0 aromatic heterocycles. The third-order valence-corrected chi connectivity index (χ3v) is 5.57. The number of hydrogen-bond donors (Lipinski definition) is 1. The summed E-state index contributed by atoms with van der Waals surface area (Å²) in [6.07, 6.45) is 1.97. The van der Waals surface area contributed by atoms with E-state index in [-0.39, 0.29) is 0 Å². The number of fused-ring (bicyclic) bond motifs is 1. The maximum atomic E-state index is 12.3. The molecule has 2 rings (SSSR count). The minimum absolute atomic E-state index is 0.397. The van der Waals surface area contributed by atoms with Crippen LogP contribution in [-0.2, 0) is 23.1 Å². The van der Waals surface area contributed by atoms with Crippen LogP contribution in [0, 0.1) is 0 Å². The van der Waals surface area contributed by atoms with Gasteiger partial charge in [0.1, 0.15) is 0 Å². The van der Waals surface area contributed by atoms with Gasteiger partial charge in [-0.3, -0.25) is 0 Å². The summed E-state index contributed by atoms with van der Waals surface area (Å²) >= 11 is 1.65. The third-order valence-electron chi connectivity index (χ3n) is 3.13. The van der Waals surface area contributed by atoms with Crippen molar-refractivity contribution in [2.45, 2.75) is 18.0 Å². The van der Waals surface area contributed by atoms with Gasteiger partial charge in [0, 0.05) is 32.4 Å². The third kappa shape index (κ3) is 2.71. The molecule has 0 saturated carbocycles. The first kappa shape index (κ1) is 13.9. The molecular formula is C12H18N2O2S2. The maximum Gasteiger partial charge on any atom is 0.242 e. The van der Waals surface area contributed by atoms with E-state index in [0.29, 0.717) is 11.4 Å². The van der Waals surface area contributed by atoms with Gasteiger partial charge in [0.05, 0.1) is 4.90 Å². The molecule has 1 aromatic rings. The first-order valence-electron chi connectivity index (χ1n) is 5.83. The molecule has 0 unspecified atom stereocenters.